The van der Waals surface area contributed by atoms with Crippen molar-refractivity contribution in [3.8, 4) is 0 Å². The summed E-state index contributed by atoms with van der Waals surface area (Å²) in [4.78, 5) is 13.5. The highest BCUT2D eigenvalue weighted by Crippen LogP contribution is 2.13. The molecule has 0 rings (SSSR count). The summed E-state index contributed by atoms with van der Waals surface area (Å²) in [6, 6.07) is 0. The molecule has 0 spiro atoms. The van der Waals surface area contributed by atoms with Gasteiger partial charge in [-0.15, -0.1) is 0 Å². The number of amides is 1. The molecule has 2 nitrogen and oxygen atoms in total. The lowest BCUT2D eigenvalue weighted by molar-refractivity contribution is -0.125. The highest BCUT2D eigenvalue weighted by atomic mass is 16.2. The van der Waals surface area contributed by atoms with Crippen LogP contribution in [0.15, 0.2) is 12.2 Å². The lowest BCUT2D eigenvalue weighted by Gasteiger charge is -2.16. The van der Waals surface area contributed by atoms with E-state index in [-0.39, 0.29) is 5.91 Å². The Bertz CT molecular complexity index is 324. The lowest BCUT2D eigenvalue weighted by Crippen LogP contribution is -2.27. The topological polar surface area (TPSA) is 20.3 Å². The molecule has 2 heteroatoms. The molecule has 0 atom stereocenters. The Kier molecular flexibility index (Phi) is 17.4. The van der Waals surface area contributed by atoms with E-state index >= 15 is 0 Å². The fourth-order valence-electron chi connectivity index (χ4n) is 3.32. The summed E-state index contributed by atoms with van der Waals surface area (Å²) in [7, 11) is 1.88. The van der Waals surface area contributed by atoms with Crippen LogP contribution in [-0.4, -0.2) is 24.4 Å². The van der Waals surface area contributed by atoms with Crippen LogP contribution in [-0.2, 0) is 4.79 Å². The lowest BCUT2D eigenvalue weighted by atomic mass is 10.0. The number of unbranched alkanes of at least 4 members (excludes halogenated alkanes) is 15. The standard InChI is InChI=1S/C23H45NO/c1-5-6-7-8-9-10-11-12-13-14-15-16-17-18-19-20-21-24(4)23(25)22(2)3/h2,5-21H2,1,3-4H3. The van der Waals surface area contributed by atoms with Gasteiger partial charge in [-0.1, -0.05) is 110 Å². The van der Waals surface area contributed by atoms with E-state index < -0.39 is 0 Å². The van der Waals surface area contributed by atoms with Gasteiger partial charge in [-0.2, -0.15) is 0 Å². The van der Waals surface area contributed by atoms with Crippen LogP contribution in [0, 0.1) is 0 Å². The molecule has 0 N–H and O–H groups in total. The summed E-state index contributed by atoms with van der Waals surface area (Å²) in [5.41, 5.74) is 0.638. The molecular formula is C23H45NO. The van der Waals surface area contributed by atoms with Gasteiger partial charge < -0.3 is 4.90 Å². The summed E-state index contributed by atoms with van der Waals surface area (Å²) >= 11 is 0. The van der Waals surface area contributed by atoms with Crippen LogP contribution in [0.4, 0.5) is 0 Å². The zero-order valence-electron chi connectivity index (χ0n) is 17.6. The third kappa shape index (κ3) is 16.4. The third-order valence-corrected chi connectivity index (χ3v) is 5.06. The number of likely N-dealkylation sites (N-methyl/N-ethyl adjacent to an activating group) is 1. The number of nitrogens with zero attached hydrogens (tertiary/aromatic N) is 1. The van der Waals surface area contributed by atoms with Crippen LogP contribution in [0.2, 0.25) is 0 Å². The van der Waals surface area contributed by atoms with Crippen LogP contribution < -0.4 is 0 Å². The van der Waals surface area contributed by atoms with Gasteiger partial charge in [0.2, 0.25) is 5.91 Å². The second-order valence-corrected chi connectivity index (χ2v) is 7.81. The van der Waals surface area contributed by atoms with Gasteiger partial charge in [-0.3, -0.25) is 4.79 Å². The van der Waals surface area contributed by atoms with E-state index in [1.165, 1.54) is 96.3 Å². The van der Waals surface area contributed by atoms with Crippen molar-refractivity contribution in [3.05, 3.63) is 12.2 Å². The molecule has 0 bridgehead atoms. The Morgan fingerprint density at radius 3 is 1.32 bits per heavy atom. The van der Waals surface area contributed by atoms with Crippen LogP contribution in [0.3, 0.4) is 0 Å². The van der Waals surface area contributed by atoms with Crippen LogP contribution in [0.1, 0.15) is 117 Å². The second kappa shape index (κ2) is 18.0. The van der Waals surface area contributed by atoms with Crippen molar-refractivity contribution in [2.75, 3.05) is 13.6 Å². The number of hydrogen-bond acceptors (Lipinski definition) is 1. The first-order valence-corrected chi connectivity index (χ1v) is 11.0. The average Bonchev–Trinajstić information content (AvgIpc) is 2.60. The molecule has 0 aliphatic heterocycles. The number of rotatable bonds is 18. The number of carbonyl (C=O) groups excluding carboxylic acids is 1. The molecule has 0 aliphatic carbocycles. The van der Waals surface area contributed by atoms with E-state index in [1.807, 2.05) is 7.05 Å². The van der Waals surface area contributed by atoms with E-state index in [0.717, 1.165) is 13.0 Å². The first-order chi connectivity index (χ1) is 12.1. The molecular weight excluding hydrogens is 306 g/mol. The highest BCUT2D eigenvalue weighted by Gasteiger charge is 2.07. The molecule has 0 aromatic rings. The average molecular weight is 352 g/mol. The molecule has 0 saturated carbocycles. The first-order valence-electron chi connectivity index (χ1n) is 11.0. The molecule has 0 heterocycles. The Hall–Kier alpha value is -0.790. The Labute approximate surface area is 158 Å². The van der Waals surface area contributed by atoms with Crippen LogP contribution in [0.25, 0.3) is 0 Å². The van der Waals surface area contributed by atoms with Crippen molar-refractivity contribution < 1.29 is 4.79 Å². The molecule has 0 aromatic carbocycles. The van der Waals surface area contributed by atoms with Gasteiger partial charge in [0.15, 0.2) is 0 Å². The van der Waals surface area contributed by atoms with Gasteiger partial charge in [0.25, 0.3) is 0 Å². The predicted molar refractivity (Wildman–Crippen MR) is 112 cm³/mol. The predicted octanol–water partition coefficient (Wildman–Crippen LogP) is 7.28. The van der Waals surface area contributed by atoms with Gasteiger partial charge in [0.1, 0.15) is 0 Å². The highest BCUT2D eigenvalue weighted by molar-refractivity contribution is 5.91. The van der Waals surface area contributed by atoms with Gasteiger partial charge in [0.05, 0.1) is 0 Å². The fraction of sp³-hybridized carbons (Fsp3) is 0.870. The first kappa shape index (κ1) is 24.2. The van der Waals surface area contributed by atoms with E-state index in [0.29, 0.717) is 5.57 Å². The van der Waals surface area contributed by atoms with Gasteiger partial charge in [-0.25, -0.2) is 0 Å². The maximum absolute atomic E-state index is 11.7. The molecule has 0 radical (unpaired) electrons. The molecule has 25 heavy (non-hydrogen) atoms. The van der Waals surface area contributed by atoms with Crippen molar-refractivity contribution >= 4 is 5.91 Å². The van der Waals surface area contributed by atoms with E-state index in [2.05, 4.69) is 13.5 Å². The molecule has 1 amide bonds. The Balaban J connectivity index is 3.17. The van der Waals surface area contributed by atoms with Crippen molar-refractivity contribution in [2.45, 2.75) is 117 Å². The smallest absolute Gasteiger partial charge is 0.248 e. The maximum Gasteiger partial charge on any atom is 0.248 e. The van der Waals surface area contributed by atoms with Crippen molar-refractivity contribution in [1.29, 1.82) is 0 Å². The van der Waals surface area contributed by atoms with Gasteiger partial charge >= 0.3 is 0 Å². The molecule has 0 fully saturated rings. The molecule has 0 saturated heterocycles. The Morgan fingerprint density at radius 1 is 0.680 bits per heavy atom. The van der Waals surface area contributed by atoms with E-state index in [1.54, 1.807) is 11.8 Å². The SMILES string of the molecule is C=C(C)C(=O)N(C)CCCCCCCCCCCCCCCCCC. The van der Waals surface area contributed by atoms with E-state index in [4.69, 9.17) is 0 Å². The fourth-order valence-corrected chi connectivity index (χ4v) is 3.32. The molecule has 148 valence electrons. The third-order valence-electron chi connectivity index (χ3n) is 5.06. The van der Waals surface area contributed by atoms with Gasteiger partial charge in [-0.05, 0) is 13.3 Å². The number of hydrogen-bond donors (Lipinski definition) is 0. The van der Waals surface area contributed by atoms with Crippen molar-refractivity contribution in [1.82, 2.24) is 4.90 Å². The minimum absolute atomic E-state index is 0.0842. The monoisotopic (exact) mass is 351 g/mol. The Morgan fingerprint density at radius 2 is 1.00 bits per heavy atom. The summed E-state index contributed by atoms with van der Waals surface area (Å²) in [5, 5.41) is 0. The molecule has 0 aliphatic rings. The summed E-state index contributed by atoms with van der Waals surface area (Å²) < 4.78 is 0. The minimum Gasteiger partial charge on any atom is -0.342 e. The largest absolute Gasteiger partial charge is 0.342 e. The zero-order valence-corrected chi connectivity index (χ0v) is 17.6. The van der Waals surface area contributed by atoms with Crippen LogP contribution >= 0.6 is 0 Å². The normalized spacial score (nSPS) is 10.8. The minimum atomic E-state index is 0.0842. The zero-order chi connectivity index (χ0) is 18.8. The molecule has 0 aromatic heterocycles. The van der Waals surface area contributed by atoms with Crippen molar-refractivity contribution in [3.63, 3.8) is 0 Å². The maximum atomic E-state index is 11.7. The van der Waals surface area contributed by atoms with Crippen molar-refractivity contribution in [2.24, 2.45) is 0 Å². The number of carbonyl (C=O) groups is 1. The van der Waals surface area contributed by atoms with Crippen LogP contribution in [0.5, 0.6) is 0 Å². The summed E-state index contributed by atoms with van der Waals surface area (Å²) in [5.74, 6) is 0.0842. The summed E-state index contributed by atoms with van der Waals surface area (Å²) in [6.45, 7) is 8.64. The van der Waals surface area contributed by atoms with Gasteiger partial charge in [0, 0.05) is 19.2 Å². The molecule has 0 unspecified atom stereocenters. The van der Waals surface area contributed by atoms with E-state index in [9.17, 15) is 4.79 Å². The second-order valence-electron chi connectivity index (χ2n) is 7.81. The summed E-state index contributed by atoms with van der Waals surface area (Å²) in [6.07, 6.45) is 22.1. The quantitative estimate of drug-likeness (QED) is 0.188.